The first-order valence-corrected chi connectivity index (χ1v) is 4.65. The van der Waals surface area contributed by atoms with Gasteiger partial charge in [-0.15, -0.1) is 0 Å². The fourth-order valence-corrected chi connectivity index (χ4v) is 1.32. The molecule has 1 saturated carbocycles. The zero-order valence-electron chi connectivity index (χ0n) is 7.84. The number of thiocarbonyl (C=S) groups is 1. The van der Waals surface area contributed by atoms with Gasteiger partial charge in [-0.3, -0.25) is 5.43 Å². The molecule has 1 fully saturated rings. The average Bonchev–Trinajstić information content (AvgIpc) is 2.25. The third-order valence-corrected chi connectivity index (χ3v) is 1.99. The second kappa shape index (κ2) is 5.25. The molecule has 0 aromatic carbocycles. The number of nitrogens with two attached hydrogens (primary N) is 1. The molecule has 1 aliphatic carbocycles. The van der Waals surface area contributed by atoms with Gasteiger partial charge in [0.25, 0.3) is 0 Å². The maximum atomic E-state index is 8.75. The van der Waals surface area contributed by atoms with E-state index in [1.54, 1.807) is 0 Å². The first-order valence-electron chi connectivity index (χ1n) is 4.24. The van der Waals surface area contributed by atoms with E-state index in [2.05, 4.69) is 33.1 Å². The number of hydrogen-bond donors (Lipinski definition) is 4. The van der Waals surface area contributed by atoms with Gasteiger partial charge in [0.15, 0.2) is 10.8 Å². The van der Waals surface area contributed by atoms with Crippen molar-refractivity contribution in [2.45, 2.75) is 19.3 Å². The van der Waals surface area contributed by atoms with Crippen molar-refractivity contribution in [3.05, 3.63) is 0 Å². The maximum absolute atomic E-state index is 8.75. The third kappa shape index (κ3) is 2.88. The van der Waals surface area contributed by atoms with Crippen molar-refractivity contribution in [3.8, 4) is 0 Å². The Bertz CT molecular complexity index is 349. The Hall–Kier alpha value is -1.70. The second-order valence-electron chi connectivity index (χ2n) is 2.88. The summed E-state index contributed by atoms with van der Waals surface area (Å²) in [6.07, 6.45) is 1.91. The van der Waals surface area contributed by atoms with Gasteiger partial charge in [0.2, 0.25) is 0 Å². The van der Waals surface area contributed by atoms with Crippen LogP contribution in [0, 0.1) is 0 Å². The molecule has 0 atom stereocenters. The van der Waals surface area contributed by atoms with Crippen LogP contribution in [0.15, 0.2) is 15.4 Å². The van der Waals surface area contributed by atoms with Crippen LogP contribution in [-0.4, -0.2) is 32.7 Å². The van der Waals surface area contributed by atoms with Gasteiger partial charge in [0.1, 0.15) is 5.71 Å². The van der Waals surface area contributed by atoms with Gasteiger partial charge in [0.05, 0.1) is 5.71 Å². The summed E-state index contributed by atoms with van der Waals surface area (Å²) < 4.78 is 0. The number of rotatable bonds is 1. The van der Waals surface area contributed by atoms with Crippen molar-refractivity contribution in [1.82, 2.24) is 5.43 Å². The highest BCUT2D eigenvalue weighted by atomic mass is 32.1. The summed E-state index contributed by atoms with van der Waals surface area (Å²) >= 11 is 4.57. The van der Waals surface area contributed by atoms with E-state index in [-0.39, 0.29) is 10.8 Å². The van der Waals surface area contributed by atoms with E-state index in [1.807, 2.05) is 0 Å². The van der Waals surface area contributed by atoms with Crippen molar-refractivity contribution in [3.63, 3.8) is 0 Å². The number of oxime groups is 2. The Labute approximate surface area is 91.3 Å². The van der Waals surface area contributed by atoms with E-state index in [4.69, 9.17) is 16.1 Å². The molecule has 0 aromatic heterocycles. The molecule has 5 N–H and O–H groups in total. The molecule has 15 heavy (non-hydrogen) atoms. The van der Waals surface area contributed by atoms with Crippen LogP contribution < -0.4 is 11.2 Å². The minimum Gasteiger partial charge on any atom is -0.411 e. The van der Waals surface area contributed by atoms with Gasteiger partial charge in [-0.25, -0.2) is 0 Å². The molecule has 0 spiro atoms. The lowest BCUT2D eigenvalue weighted by Crippen LogP contribution is -2.33. The number of hydrogen-bond acceptors (Lipinski definition) is 6. The van der Waals surface area contributed by atoms with Gasteiger partial charge in [-0.1, -0.05) is 10.3 Å². The first-order chi connectivity index (χ1) is 7.19. The number of nitrogens with one attached hydrogen (secondary N) is 1. The summed E-state index contributed by atoms with van der Waals surface area (Å²) in [5.74, 6) is 0. The van der Waals surface area contributed by atoms with Gasteiger partial charge in [-0.2, -0.15) is 5.10 Å². The van der Waals surface area contributed by atoms with E-state index in [0.29, 0.717) is 24.3 Å². The van der Waals surface area contributed by atoms with Crippen molar-refractivity contribution in [1.29, 1.82) is 0 Å². The zero-order valence-corrected chi connectivity index (χ0v) is 8.66. The Kier molecular flexibility index (Phi) is 3.98. The number of hydrazone groups is 1. The third-order valence-electron chi connectivity index (χ3n) is 1.90. The molecule has 0 aliphatic heterocycles. The quantitative estimate of drug-likeness (QED) is 0.287. The maximum Gasteiger partial charge on any atom is 0.184 e. The molecule has 82 valence electrons. The van der Waals surface area contributed by atoms with Gasteiger partial charge in [-0.05, 0) is 31.5 Å². The highest BCUT2D eigenvalue weighted by Crippen LogP contribution is 2.11. The molecule has 0 saturated heterocycles. The van der Waals surface area contributed by atoms with Crippen molar-refractivity contribution in [2.24, 2.45) is 21.1 Å². The van der Waals surface area contributed by atoms with Crippen LogP contribution in [0.5, 0.6) is 0 Å². The summed E-state index contributed by atoms with van der Waals surface area (Å²) in [7, 11) is 0. The van der Waals surface area contributed by atoms with E-state index in [0.717, 1.165) is 6.42 Å². The fourth-order valence-electron chi connectivity index (χ4n) is 1.27. The van der Waals surface area contributed by atoms with E-state index in [9.17, 15) is 0 Å². The van der Waals surface area contributed by atoms with Crippen LogP contribution >= 0.6 is 12.2 Å². The minimum absolute atomic E-state index is 0.0212. The molecule has 1 aliphatic rings. The molecule has 0 unspecified atom stereocenters. The molecule has 0 bridgehead atoms. The van der Waals surface area contributed by atoms with Crippen molar-refractivity contribution >= 4 is 34.5 Å². The van der Waals surface area contributed by atoms with Crippen LogP contribution in [0.3, 0.4) is 0 Å². The van der Waals surface area contributed by atoms with Gasteiger partial charge < -0.3 is 16.1 Å². The largest absolute Gasteiger partial charge is 0.411 e. The molecule has 8 heteroatoms. The molecule has 0 amide bonds. The number of nitrogens with zero attached hydrogens (tertiary/aromatic N) is 3. The Morgan fingerprint density at radius 1 is 1.27 bits per heavy atom. The Morgan fingerprint density at radius 3 is 2.47 bits per heavy atom. The van der Waals surface area contributed by atoms with Crippen LogP contribution in [0.1, 0.15) is 19.3 Å². The second-order valence-corrected chi connectivity index (χ2v) is 3.32. The minimum atomic E-state index is 0.0212. The summed E-state index contributed by atoms with van der Waals surface area (Å²) in [4.78, 5) is 0. The van der Waals surface area contributed by atoms with Crippen molar-refractivity contribution in [2.75, 3.05) is 0 Å². The smallest absolute Gasteiger partial charge is 0.184 e. The topological polar surface area (TPSA) is 116 Å². The summed E-state index contributed by atoms with van der Waals surface area (Å²) in [6.45, 7) is 0. The lowest BCUT2D eigenvalue weighted by Gasteiger charge is -2.14. The van der Waals surface area contributed by atoms with Crippen LogP contribution in [0.4, 0.5) is 0 Å². The lowest BCUT2D eigenvalue weighted by molar-refractivity contribution is 0.313. The van der Waals surface area contributed by atoms with E-state index >= 15 is 0 Å². The first kappa shape index (κ1) is 11.4. The zero-order chi connectivity index (χ0) is 11.3. The summed E-state index contributed by atoms with van der Waals surface area (Å²) in [5, 5.41) is 27.3. The predicted octanol–water partition coefficient (Wildman–Crippen LogP) is 0.0199. The van der Waals surface area contributed by atoms with E-state index < -0.39 is 0 Å². The Morgan fingerprint density at radius 2 is 1.93 bits per heavy atom. The predicted molar refractivity (Wildman–Crippen MR) is 59.7 cm³/mol. The highest BCUT2D eigenvalue weighted by Gasteiger charge is 2.23. The molecule has 0 radical (unpaired) electrons. The average molecular weight is 229 g/mol. The molecule has 1 rings (SSSR count). The molecule has 0 aromatic rings. The van der Waals surface area contributed by atoms with Crippen LogP contribution in [-0.2, 0) is 0 Å². The normalized spacial score (nSPS) is 24.7. The molecule has 0 heterocycles. The van der Waals surface area contributed by atoms with Gasteiger partial charge >= 0.3 is 0 Å². The van der Waals surface area contributed by atoms with Crippen molar-refractivity contribution < 1.29 is 10.4 Å². The lowest BCUT2D eigenvalue weighted by atomic mass is 9.94. The monoisotopic (exact) mass is 229 g/mol. The molecular formula is C7H11N5O2S. The standard InChI is InChI=1S/C7H11N5O2S/c8-7(15)10-9-4-2-1-3-5(11-13)6(4)12-14/h13-14H,1-3H2,(H3,8,10,15). The molecular weight excluding hydrogens is 218 g/mol. The van der Waals surface area contributed by atoms with E-state index in [1.165, 1.54) is 0 Å². The molecule has 7 nitrogen and oxygen atoms in total. The summed E-state index contributed by atoms with van der Waals surface area (Å²) in [5.41, 5.74) is 8.51. The van der Waals surface area contributed by atoms with Gasteiger partial charge in [0, 0.05) is 0 Å². The van der Waals surface area contributed by atoms with Crippen LogP contribution in [0.25, 0.3) is 0 Å². The summed E-state index contributed by atoms with van der Waals surface area (Å²) in [6, 6.07) is 0. The fraction of sp³-hybridized carbons (Fsp3) is 0.429. The van der Waals surface area contributed by atoms with Crippen LogP contribution in [0.2, 0.25) is 0 Å². The Balaban J connectivity index is 2.88. The highest BCUT2D eigenvalue weighted by molar-refractivity contribution is 7.80. The SMILES string of the molecule is NC(=S)NN=C1CCCC(=NO)C1=NO.